The Morgan fingerprint density at radius 1 is 1.36 bits per heavy atom. The molecule has 5 rings (SSSR count). The van der Waals surface area contributed by atoms with Crippen LogP contribution in [0.15, 0.2) is 41.5 Å². The Labute approximate surface area is 211 Å². The van der Waals surface area contributed by atoms with Crippen LogP contribution < -0.4 is 5.73 Å². The van der Waals surface area contributed by atoms with Gasteiger partial charge < -0.3 is 15.7 Å². The van der Waals surface area contributed by atoms with Crippen molar-refractivity contribution < 1.29 is 18.7 Å². The number of carbonyl (C=O) groups is 1. The summed E-state index contributed by atoms with van der Waals surface area (Å²) in [5.74, 6) is -1.58. The lowest BCUT2D eigenvalue weighted by atomic mass is 9.84. The van der Waals surface area contributed by atoms with Crippen molar-refractivity contribution in [1.29, 1.82) is 5.26 Å². The van der Waals surface area contributed by atoms with E-state index in [4.69, 9.17) is 11.0 Å². The number of β-amino-alcohol motifs (C(OH)–C–C–N with tert-alkyl or cyclic N) is 1. The predicted octanol–water partition coefficient (Wildman–Crippen LogP) is 3.58. The third-order valence-corrected chi connectivity index (χ3v) is 8.58. The van der Waals surface area contributed by atoms with Crippen LogP contribution in [0, 0.1) is 23.1 Å². The molecule has 1 aromatic carbocycles. The fraction of sp³-hybridized carbons (Fsp3) is 0.385. The van der Waals surface area contributed by atoms with Gasteiger partial charge in [0.25, 0.3) is 0 Å². The van der Waals surface area contributed by atoms with Gasteiger partial charge in [0, 0.05) is 30.8 Å². The molecule has 1 saturated heterocycles. The van der Waals surface area contributed by atoms with Gasteiger partial charge in [0.2, 0.25) is 5.91 Å². The molecule has 4 atom stereocenters. The number of benzene rings is 1. The molecule has 1 amide bonds. The van der Waals surface area contributed by atoms with Gasteiger partial charge in [-0.3, -0.25) is 14.8 Å². The van der Waals surface area contributed by atoms with Crippen molar-refractivity contribution in [2.75, 3.05) is 13.1 Å². The summed E-state index contributed by atoms with van der Waals surface area (Å²) in [6, 6.07) is 9.03. The fourth-order valence-corrected chi connectivity index (χ4v) is 6.73. The summed E-state index contributed by atoms with van der Waals surface area (Å²) in [5, 5.41) is 19.4. The first-order valence-corrected chi connectivity index (χ1v) is 12.4. The highest BCUT2D eigenvalue weighted by Crippen LogP contribution is 2.66. The number of pyridine rings is 1. The number of aliphatic hydroxyl groups is 1. The molecule has 10 heteroatoms. The van der Waals surface area contributed by atoms with Gasteiger partial charge in [-0.2, -0.15) is 5.26 Å². The number of thioether (sulfide) groups is 1. The maximum atomic E-state index is 15.2. The first-order valence-electron chi connectivity index (χ1n) is 11.6. The highest BCUT2D eigenvalue weighted by molar-refractivity contribution is 8.15. The van der Waals surface area contributed by atoms with Crippen molar-refractivity contribution in [2.24, 2.45) is 16.6 Å². The van der Waals surface area contributed by atoms with Crippen molar-refractivity contribution in [2.45, 2.75) is 42.6 Å². The maximum Gasteiger partial charge on any atom is 0.239 e. The van der Waals surface area contributed by atoms with Crippen LogP contribution >= 0.6 is 11.8 Å². The molecule has 1 aromatic heterocycles. The van der Waals surface area contributed by atoms with Crippen LogP contribution in [-0.2, 0) is 10.3 Å². The monoisotopic (exact) mass is 509 g/mol. The second kappa shape index (κ2) is 8.39. The van der Waals surface area contributed by atoms with Gasteiger partial charge >= 0.3 is 0 Å². The summed E-state index contributed by atoms with van der Waals surface area (Å²) >= 11 is 1.21. The van der Waals surface area contributed by atoms with Crippen LogP contribution in [0.5, 0.6) is 0 Å². The van der Waals surface area contributed by atoms with Crippen LogP contribution in [0.1, 0.15) is 49.1 Å². The number of amidine groups is 1. The van der Waals surface area contributed by atoms with Crippen LogP contribution in [-0.4, -0.2) is 49.5 Å². The normalized spacial score (nSPS) is 31.4. The van der Waals surface area contributed by atoms with E-state index in [1.54, 1.807) is 18.7 Å². The smallest absolute Gasteiger partial charge is 0.239 e. The van der Waals surface area contributed by atoms with E-state index in [-0.39, 0.29) is 34.8 Å². The molecule has 7 nitrogen and oxygen atoms in total. The number of aromatic nitrogens is 1. The van der Waals surface area contributed by atoms with Crippen LogP contribution in [0.2, 0.25) is 0 Å². The number of aliphatic imine (C=N–C) groups is 1. The van der Waals surface area contributed by atoms with E-state index >= 15 is 4.39 Å². The molecule has 2 fully saturated rings. The summed E-state index contributed by atoms with van der Waals surface area (Å²) in [4.78, 5) is 23.7. The van der Waals surface area contributed by atoms with E-state index in [1.807, 2.05) is 6.07 Å². The summed E-state index contributed by atoms with van der Waals surface area (Å²) in [7, 11) is 0. The van der Waals surface area contributed by atoms with E-state index in [1.165, 1.54) is 54.4 Å². The summed E-state index contributed by atoms with van der Waals surface area (Å²) in [6.45, 7) is 4.15. The molecule has 1 aliphatic carbocycles. The minimum Gasteiger partial charge on any atom is -0.388 e. The minimum atomic E-state index is -1.12. The number of likely N-dealkylation sites (tertiary alicyclic amines) is 1. The van der Waals surface area contributed by atoms with Crippen molar-refractivity contribution in [1.82, 2.24) is 9.88 Å². The number of nitrogens with two attached hydrogens (primary N) is 1. The summed E-state index contributed by atoms with van der Waals surface area (Å²) in [5.41, 5.74) is 5.12. The van der Waals surface area contributed by atoms with Gasteiger partial charge in [-0.05, 0) is 62.6 Å². The largest absolute Gasteiger partial charge is 0.388 e. The lowest BCUT2D eigenvalue weighted by Gasteiger charge is -2.35. The van der Waals surface area contributed by atoms with Gasteiger partial charge in [0.15, 0.2) is 5.17 Å². The molecular formula is C26H25F2N5O2S. The van der Waals surface area contributed by atoms with Gasteiger partial charge in [0.05, 0.1) is 22.4 Å². The first kappa shape index (κ1) is 24.4. The van der Waals surface area contributed by atoms with E-state index in [2.05, 4.69) is 9.98 Å². The fourth-order valence-electron chi connectivity index (χ4n) is 5.28. The van der Waals surface area contributed by atoms with Crippen LogP contribution in [0.3, 0.4) is 0 Å². The van der Waals surface area contributed by atoms with E-state index < -0.39 is 27.5 Å². The van der Waals surface area contributed by atoms with Crippen LogP contribution in [0.4, 0.5) is 8.78 Å². The number of halogens is 2. The Kier molecular flexibility index (Phi) is 5.69. The summed E-state index contributed by atoms with van der Waals surface area (Å²) in [6.07, 6.45) is 3.48. The average Bonchev–Trinajstić information content (AvgIpc) is 3.48. The Morgan fingerprint density at radius 3 is 2.78 bits per heavy atom. The zero-order valence-electron chi connectivity index (χ0n) is 19.8. The van der Waals surface area contributed by atoms with E-state index in [9.17, 15) is 14.3 Å². The standard InChI is InChI=1S/C26H25F2N5O2S/c1-24(35)7-8-33(14-24)22(34)26-11-21(26)25(2,32-23(30)36-26)17-9-15(3-5-18(17)27)10-19(28)20-6-4-16(12-29)13-31-20/h3-6,9-10,13,21,35H,7-8,11,14H2,1-2H3,(H2,30,32)/b19-10-/t21-,24?,25+,26-/m0/s1. The van der Waals surface area contributed by atoms with Crippen molar-refractivity contribution in [3.8, 4) is 6.07 Å². The molecular weight excluding hydrogens is 484 g/mol. The number of nitriles is 1. The van der Waals surface area contributed by atoms with Gasteiger partial charge in [-0.15, -0.1) is 0 Å². The SMILES string of the molecule is CC1(O)CCN(C(=O)[C@]23C[C@H]2[C@@](C)(c2cc(/C=C(\F)c4ccc(C#N)cn4)ccc2F)N=C(N)S3)C1. The van der Waals surface area contributed by atoms with Crippen LogP contribution in [0.25, 0.3) is 11.9 Å². The molecule has 1 saturated carbocycles. The zero-order chi connectivity index (χ0) is 25.9. The number of amides is 1. The lowest BCUT2D eigenvalue weighted by molar-refractivity contribution is -0.131. The lowest BCUT2D eigenvalue weighted by Crippen LogP contribution is -2.46. The Morgan fingerprint density at radius 2 is 2.14 bits per heavy atom. The number of carbonyl (C=O) groups excluding carboxylic acids is 1. The Balaban J connectivity index is 1.47. The van der Waals surface area contributed by atoms with Gasteiger partial charge in [0.1, 0.15) is 22.5 Å². The Bertz CT molecular complexity index is 1350. The molecule has 36 heavy (non-hydrogen) atoms. The number of nitrogens with zero attached hydrogens (tertiary/aromatic N) is 4. The molecule has 3 heterocycles. The highest BCUT2D eigenvalue weighted by atomic mass is 32.2. The average molecular weight is 510 g/mol. The van der Waals surface area contributed by atoms with E-state index in [0.29, 0.717) is 30.5 Å². The third-order valence-electron chi connectivity index (χ3n) is 7.29. The maximum absolute atomic E-state index is 15.2. The van der Waals surface area contributed by atoms with Crippen molar-refractivity contribution in [3.05, 3.63) is 64.7 Å². The number of hydrogen-bond donors (Lipinski definition) is 2. The van der Waals surface area contributed by atoms with E-state index in [0.717, 1.165) is 0 Å². The second-order valence-corrected chi connectivity index (χ2v) is 11.4. The molecule has 3 aliphatic rings. The minimum absolute atomic E-state index is 0.0516. The predicted molar refractivity (Wildman–Crippen MR) is 134 cm³/mol. The van der Waals surface area contributed by atoms with Crippen molar-refractivity contribution in [3.63, 3.8) is 0 Å². The molecule has 0 bridgehead atoms. The second-order valence-electron chi connectivity index (χ2n) is 10.1. The molecule has 2 aliphatic heterocycles. The summed E-state index contributed by atoms with van der Waals surface area (Å²) < 4.78 is 29.2. The quantitative estimate of drug-likeness (QED) is 0.651. The molecule has 1 unspecified atom stereocenters. The number of hydrogen-bond acceptors (Lipinski definition) is 7. The van der Waals surface area contributed by atoms with Gasteiger partial charge in [-0.25, -0.2) is 8.78 Å². The zero-order valence-corrected chi connectivity index (χ0v) is 20.6. The number of rotatable bonds is 4. The molecule has 2 aromatic rings. The Hall–Kier alpha value is -3.29. The highest BCUT2D eigenvalue weighted by Gasteiger charge is 2.71. The third kappa shape index (κ3) is 4.06. The molecule has 3 N–H and O–H groups in total. The first-order chi connectivity index (χ1) is 17.0. The topological polar surface area (TPSA) is 116 Å². The molecule has 0 spiro atoms. The molecule has 186 valence electrons. The number of fused-ring (bicyclic) bond motifs is 1. The van der Waals surface area contributed by atoms with Crippen molar-refractivity contribution >= 4 is 34.7 Å². The molecule has 0 radical (unpaired) electrons. The van der Waals surface area contributed by atoms with Gasteiger partial charge in [-0.1, -0.05) is 17.8 Å².